The third-order valence-corrected chi connectivity index (χ3v) is 5.74. The number of aromatic nitrogens is 1. The Morgan fingerprint density at radius 2 is 1.65 bits per heavy atom. The SMILES string of the molecule is O=S(=O)(Oc1cc2cc(Cl)ccc2c2ccnc(Cl)c12)c1ccccc1. The predicted molar refractivity (Wildman–Crippen MR) is 104 cm³/mol. The number of rotatable bonds is 3. The van der Waals surface area contributed by atoms with Crippen molar-refractivity contribution in [2.45, 2.75) is 4.90 Å². The molecular weight excluding hydrogens is 393 g/mol. The molecule has 7 heteroatoms. The Balaban J connectivity index is 1.99. The van der Waals surface area contributed by atoms with Crippen LogP contribution >= 0.6 is 23.2 Å². The zero-order valence-corrected chi connectivity index (χ0v) is 15.5. The average molecular weight is 404 g/mol. The molecule has 0 bridgehead atoms. The molecule has 0 N–H and O–H groups in total. The van der Waals surface area contributed by atoms with E-state index < -0.39 is 10.1 Å². The lowest BCUT2D eigenvalue weighted by molar-refractivity contribution is 0.489. The van der Waals surface area contributed by atoms with Crippen LogP contribution in [0, 0.1) is 0 Å². The summed E-state index contributed by atoms with van der Waals surface area (Å²) in [5, 5.41) is 3.48. The Bertz CT molecular complexity index is 1240. The first-order chi connectivity index (χ1) is 12.5. The highest BCUT2D eigenvalue weighted by Crippen LogP contribution is 2.38. The van der Waals surface area contributed by atoms with E-state index in [9.17, 15) is 8.42 Å². The average Bonchev–Trinajstić information content (AvgIpc) is 2.62. The molecule has 26 heavy (non-hydrogen) atoms. The van der Waals surface area contributed by atoms with E-state index in [2.05, 4.69) is 4.98 Å². The first kappa shape index (κ1) is 17.1. The van der Waals surface area contributed by atoms with Gasteiger partial charge in [0.1, 0.15) is 10.0 Å². The van der Waals surface area contributed by atoms with Gasteiger partial charge in [0.2, 0.25) is 0 Å². The summed E-state index contributed by atoms with van der Waals surface area (Å²) in [7, 11) is -4.02. The highest BCUT2D eigenvalue weighted by molar-refractivity contribution is 7.87. The van der Waals surface area contributed by atoms with Crippen molar-refractivity contribution in [3.05, 3.63) is 77.0 Å². The number of pyridine rings is 1. The lowest BCUT2D eigenvalue weighted by atomic mass is 10.0. The van der Waals surface area contributed by atoms with Crippen molar-refractivity contribution in [1.29, 1.82) is 0 Å². The van der Waals surface area contributed by atoms with Crippen molar-refractivity contribution in [3.8, 4) is 5.75 Å². The molecule has 0 unspecified atom stereocenters. The highest BCUT2D eigenvalue weighted by atomic mass is 35.5. The summed E-state index contributed by atoms with van der Waals surface area (Å²) < 4.78 is 30.7. The van der Waals surface area contributed by atoms with Crippen LogP contribution in [0.3, 0.4) is 0 Å². The number of hydrogen-bond acceptors (Lipinski definition) is 4. The zero-order valence-electron chi connectivity index (χ0n) is 13.2. The Kier molecular flexibility index (Phi) is 4.23. The third-order valence-electron chi connectivity index (χ3n) is 3.97. The highest BCUT2D eigenvalue weighted by Gasteiger charge is 2.20. The van der Waals surface area contributed by atoms with Crippen molar-refractivity contribution in [3.63, 3.8) is 0 Å². The molecule has 130 valence electrons. The monoisotopic (exact) mass is 403 g/mol. The summed E-state index contributed by atoms with van der Waals surface area (Å²) in [6.07, 6.45) is 1.56. The molecule has 0 atom stereocenters. The largest absolute Gasteiger partial charge is 0.378 e. The van der Waals surface area contributed by atoms with Crippen LogP contribution in [-0.2, 0) is 10.1 Å². The third kappa shape index (κ3) is 2.98. The Labute approximate surface area is 160 Å². The van der Waals surface area contributed by atoms with Crippen LogP contribution in [0.4, 0.5) is 0 Å². The maximum atomic E-state index is 12.6. The van der Waals surface area contributed by atoms with Gasteiger partial charge in [-0.1, -0.05) is 47.5 Å². The molecule has 1 heterocycles. The molecule has 0 saturated carbocycles. The number of hydrogen-bond donors (Lipinski definition) is 0. The predicted octanol–water partition coefficient (Wildman–Crippen LogP) is 5.46. The van der Waals surface area contributed by atoms with Gasteiger partial charge in [0.25, 0.3) is 0 Å². The zero-order chi connectivity index (χ0) is 18.3. The van der Waals surface area contributed by atoms with Crippen molar-refractivity contribution >= 4 is 54.9 Å². The second-order valence-corrected chi connectivity index (χ2v) is 7.96. The minimum absolute atomic E-state index is 0.0550. The fraction of sp³-hybridized carbons (Fsp3) is 0. The van der Waals surface area contributed by atoms with Crippen LogP contribution in [0.1, 0.15) is 0 Å². The first-order valence-corrected chi connectivity index (χ1v) is 9.78. The lowest BCUT2D eigenvalue weighted by Gasteiger charge is -2.13. The molecule has 0 spiro atoms. The van der Waals surface area contributed by atoms with Gasteiger partial charge in [-0.25, -0.2) is 4.98 Å². The van der Waals surface area contributed by atoms with Crippen LogP contribution in [0.25, 0.3) is 21.5 Å². The second kappa shape index (κ2) is 6.43. The summed E-state index contributed by atoms with van der Waals surface area (Å²) >= 11 is 12.3. The number of halogens is 2. The summed E-state index contributed by atoms with van der Waals surface area (Å²) in [6, 6.07) is 16.7. The quantitative estimate of drug-likeness (QED) is 0.258. The molecule has 0 radical (unpaired) electrons. The summed E-state index contributed by atoms with van der Waals surface area (Å²) in [5.41, 5.74) is 0. The summed E-state index contributed by atoms with van der Waals surface area (Å²) in [6.45, 7) is 0. The van der Waals surface area contributed by atoms with Gasteiger partial charge in [0, 0.05) is 11.2 Å². The lowest BCUT2D eigenvalue weighted by Crippen LogP contribution is -2.10. The van der Waals surface area contributed by atoms with E-state index in [-0.39, 0.29) is 15.8 Å². The van der Waals surface area contributed by atoms with Crippen LogP contribution in [0.2, 0.25) is 10.2 Å². The van der Waals surface area contributed by atoms with Crippen LogP contribution in [0.15, 0.2) is 71.8 Å². The standard InChI is InChI=1S/C19H11Cl2NO3S/c20-13-6-7-15-12(10-13)11-17(18-16(15)8-9-22-19(18)21)25-26(23,24)14-4-2-1-3-5-14/h1-11H. The Morgan fingerprint density at radius 3 is 2.42 bits per heavy atom. The summed E-state index contributed by atoms with van der Waals surface area (Å²) in [5.74, 6) is 0.108. The van der Waals surface area contributed by atoms with Gasteiger partial charge >= 0.3 is 10.1 Å². The van der Waals surface area contributed by atoms with Crippen LogP contribution in [0.5, 0.6) is 5.75 Å². The molecule has 0 aliphatic heterocycles. The van der Waals surface area contributed by atoms with Gasteiger partial charge in [-0.15, -0.1) is 0 Å². The fourth-order valence-electron chi connectivity index (χ4n) is 2.83. The van der Waals surface area contributed by atoms with E-state index >= 15 is 0 Å². The van der Waals surface area contributed by atoms with Gasteiger partial charge < -0.3 is 4.18 Å². The van der Waals surface area contributed by atoms with Crippen molar-refractivity contribution < 1.29 is 12.6 Å². The van der Waals surface area contributed by atoms with Crippen LogP contribution < -0.4 is 4.18 Å². The van der Waals surface area contributed by atoms with E-state index in [4.69, 9.17) is 27.4 Å². The van der Waals surface area contributed by atoms with Crippen molar-refractivity contribution in [1.82, 2.24) is 4.98 Å². The smallest absolute Gasteiger partial charge is 0.339 e. The minimum Gasteiger partial charge on any atom is -0.378 e. The fourth-order valence-corrected chi connectivity index (χ4v) is 4.21. The molecule has 3 aromatic carbocycles. The molecule has 0 fully saturated rings. The second-order valence-electron chi connectivity index (χ2n) is 5.61. The molecule has 0 amide bonds. The van der Waals surface area contributed by atoms with Crippen molar-refractivity contribution in [2.75, 3.05) is 0 Å². The number of benzene rings is 3. The van der Waals surface area contributed by atoms with E-state index in [1.807, 2.05) is 6.07 Å². The molecule has 4 nitrogen and oxygen atoms in total. The van der Waals surface area contributed by atoms with Crippen molar-refractivity contribution in [2.24, 2.45) is 0 Å². The molecule has 1 aromatic heterocycles. The molecular formula is C19H11Cl2NO3S. The van der Waals surface area contributed by atoms with Gasteiger partial charge in [-0.2, -0.15) is 8.42 Å². The normalized spacial score (nSPS) is 11.8. The Morgan fingerprint density at radius 1 is 0.885 bits per heavy atom. The Hall–Kier alpha value is -2.34. The van der Waals surface area contributed by atoms with Gasteiger partial charge in [0.15, 0.2) is 5.75 Å². The first-order valence-electron chi connectivity index (χ1n) is 7.62. The molecule has 0 saturated heterocycles. The van der Waals surface area contributed by atoms with E-state index in [1.165, 1.54) is 12.1 Å². The number of fused-ring (bicyclic) bond motifs is 3. The van der Waals surface area contributed by atoms with E-state index in [0.717, 1.165) is 16.2 Å². The molecule has 4 aromatic rings. The van der Waals surface area contributed by atoms with Gasteiger partial charge in [-0.05, 0) is 52.6 Å². The van der Waals surface area contributed by atoms with Gasteiger partial charge in [0.05, 0.1) is 5.39 Å². The maximum Gasteiger partial charge on any atom is 0.339 e. The maximum absolute atomic E-state index is 12.6. The van der Waals surface area contributed by atoms with E-state index in [0.29, 0.717) is 10.4 Å². The van der Waals surface area contributed by atoms with Crippen LogP contribution in [-0.4, -0.2) is 13.4 Å². The summed E-state index contributed by atoms with van der Waals surface area (Å²) in [4.78, 5) is 4.11. The molecule has 0 aliphatic rings. The molecule has 4 rings (SSSR count). The minimum atomic E-state index is -4.02. The van der Waals surface area contributed by atoms with Gasteiger partial charge in [-0.3, -0.25) is 0 Å². The number of nitrogens with zero attached hydrogens (tertiary/aromatic N) is 1. The van der Waals surface area contributed by atoms with E-state index in [1.54, 1.807) is 48.7 Å². The molecule has 0 aliphatic carbocycles. The topological polar surface area (TPSA) is 56.3 Å².